The van der Waals surface area contributed by atoms with Gasteiger partial charge in [0.05, 0.1) is 24.1 Å². The number of ether oxygens (including phenoxy) is 1. The molecule has 6 heteroatoms. The van der Waals surface area contributed by atoms with Crippen LogP contribution in [0, 0.1) is 11.7 Å². The molecule has 0 radical (unpaired) electrons. The first-order valence-electron chi connectivity index (χ1n) is 8.87. The molecular formula is C21H20FN3O2. The molecule has 1 aromatic heterocycles. The summed E-state index contributed by atoms with van der Waals surface area (Å²) in [4.78, 5) is 12.7. The van der Waals surface area contributed by atoms with Crippen LogP contribution >= 0.6 is 0 Å². The molecule has 27 heavy (non-hydrogen) atoms. The molecule has 0 spiro atoms. The Kier molecular flexibility index (Phi) is 4.39. The van der Waals surface area contributed by atoms with Crippen molar-refractivity contribution in [3.8, 4) is 11.4 Å². The van der Waals surface area contributed by atoms with Gasteiger partial charge in [0.15, 0.2) is 11.6 Å². The maximum Gasteiger partial charge on any atom is 0.168 e. The molecule has 1 heterocycles. The number of benzene rings is 2. The molecule has 0 saturated carbocycles. The van der Waals surface area contributed by atoms with E-state index in [-0.39, 0.29) is 17.5 Å². The van der Waals surface area contributed by atoms with Gasteiger partial charge in [0.25, 0.3) is 0 Å². The zero-order chi connectivity index (χ0) is 19.0. The molecule has 4 rings (SSSR count). The number of hydrogen-bond acceptors (Lipinski definition) is 4. The van der Waals surface area contributed by atoms with Crippen LogP contribution in [0.2, 0.25) is 0 Å². The fraction of sp³-hybridized carbons (Fsp3) is 0.238. The fourth-order valence-electron chi connectivity index (χ4n) is 3.45. The highest BCUT2D eigenvalue weighted by Crippen LogP contribution is 2.34. The van der Waals surface area contributed by atoms with Crippen LogP contribution in [0.3, 0.4) is 0 Å². The minimum Gasteiger partial charge on any atom is -0.497 e. The summed E-state index contributed by atoms with van der Waals surface area (Å²) in [5.74, 6) is 1.30. The van der Waals surface area contributed by atoms with Gasteiger partial charge in [-0.2, -0.15) is 0 Å². The normalized spacial score (nSPS) is 16.1. The molecule has 2 aromatic carbocycles. The number of ketones is 1. The second kappa shape index (κ2) is 6.87. The Morgan fingerprint density at radius 3 is 2.48 bits per heavy atom. The van der Waals surface area contributed by atoms with E-state index in [1.807, 2.05) is 24.3 Å². The van der Waals surface area contributed by atoms with Crippen molar-refractivity contribution in [2.75, 3.05) is 12.4 Å². The van der Waals surface area contributed by atoms with Crippen LogP contribution in [-0.4, -0.2) is 22.7 Å². The van der Waals surface area contributed by atoms with Crippen molar-refractivity contribution < 1.29 is 13.9 Å². The Morgan fingerprint density at radius 1 is 1.11 bits per heavy atom. The highest BCUT2D eigenvalue weighted by molar-refractivity contribution is 6.03. The number of Topliss-reactive ketones (excluding diaryl/α,β-unsaturated/α-hetero) is 1. The first-order chi connectivity index (χ1) is 13.0. The van der Waals surface area contributed by atoms with Gasteiger partial charge in [0, 0.05) is 12.1 Å². The fourth-order valence-corrected chi connectivity index (χ4v) is 3.45. The lowest BCUT2D eigenvalue weighted by Gasteiger charge is -2.19. The van der Waals surface area contributed by atoms with E-state index < -0.39 is 0 Å². The minimum atomic E-state index is -0.305. The van der Waals surface area contributed by atoms with E-state index in [0.717, 1.165) is 29.2 Å². The number of fused-ring (bicyclic) bond motifs is 1. The maximum atomic E-state index is 13.3. The molecule has 1 atom stereocenters. The predicted octanol–water partition coefficient (Wildman–Crippen LogP) is 4.53. The summed E-state index contributed by atoms with van der Waals surface area (Å²) in [6.07, 6.45) is 1.25. The van der Waals surface area contributed by atoms with Gasteiger partial charge in [-0.3, -0.25) is 4.79 Å². The number of carbonyl (C=O) groups is 1. The molecule has 1 N–H and O–H groups in total. The number of methoxy groups -OCH3 is 1. The Labute approximate surface area is 156 Å². The number of rotatable bonds is 4. The molecule has 1 aliphatic rings. The third-order valence-corrected chi connectivity index (χ3v) is 4.76. The van der Waals surface area contributed by atoms with E-state index in [2.05, 4.69) is 17.3 Å². The standard InChI is InChI=1S/C21H20FN3O2/c1-13-11-18-20(19(26)12-13)21(23-15-5-9-17(27-2)10-6-15)24-25(18)16-7-3-14(22)4-8-16/h3-10,13H,11-12H2,1-2H3,(H,23,24)/t13-/m1/s1. The smallest absolute Gasteiger partial charge is 0.168 e. The number of nitrogens with one attached hydrogen (secondary N) is 1. The van der Waals surface area contributed by atoms with E-state index in [1.165, 1.54) is 12.1 Å². The van der Waals surface area contributed by atoms with Crippen LogP contribution in [0.4, 0.5) is 15.9 Å². The maximum absolute atomic E-state index is 13.3. The lowest BCUT2D eigenvalue weighted by molar-refractivity contribution is 0.0953. The number of nitrogens with zero attached hydrogens (tertiary/aromatic N) is 2. The van der Waals surface area contributed by atoms with Gasteiger partial charge in [-0.05, 0) is 60.9 Å². The van der Waals surface area contributed by atoms with Gasteiger partial charge in [-0.15, -0.1) is 5.10 Å². The number of carbonyl (C=O) groups excluding carboxylic acids is 1. The quantitative estimate of drug-likeness (QED) is 0.738. The van der Waals surface area contributed by atoms with Gasteiger partial charge in [0.2, 0.25) is 0 Å². The topological polar surface area (TPSA) is 56.1 Å². The van der Waals surface area contributed by atoms with Gasteiger partial charge < -0.3 is 10.1 Å². The Hall–Kier alpha value is -3.15. The second-order valence-corrected chi connectivity index (χ2v) is 6.85. The van der Waals surface area contributed by atoms with Crippen molar-refractivity contribution in [1.29, 1.82) is 0 Å². The Bertz CT molecular complexity index is 978. The van der Waals surface area contributed by atoms with E-state index in [1.54, 1.807) is 23.9 Å². The first-order valence-corrected chi connectivity index (χ1v) is 8.87. The van der Waals surface area contributed by atoms with Crippen molar-refractivity contribution in [2.24, 2.45) is 5.92 Å². The van der Waals surface area contributed by atoms with Gasteiger partial charge in [0.1, 0.15) is 11.6 Å². The Morgan fingerprint density at radius 2 is 1.81 bits per heavy atom. The number of aromatic nitrogens is 2. The molecule has 5 nitrogen and oxygen atoms in total. The summed E-state index contributed by atoms with van der Waals surface area (Å²) in [6, 6.07) is 13.6. The molecule has 0 amide bonds. The second-order valence-electron chi connectivity index (χ2n) is 6.85. The van der Waals surface area contributed by atoms with Crippen LogP contribution in [-0.2, 0) is 6.42 Å². The van der Waals surface area contributed by atoms with E-state index in [4.69, 9.17) is 4.74 Å². The molecule has 0 bridgehead atoms. The Balaban J connectivity index is 1.78. The van der Waals surface area contributed by atoms with Crippen LogP contribution < -0.4 is 10.1 Å². The molecule has 0 unspecified atom stereocenters. The SMILES string of the molecule is COc1ccc(Nc2nn(-c3ccc(F)cc3)c3c2C(=O)C[C@H](C)C3)cc1. The summed E-state index contributed by atoms with van der Waals surface area (Å²) < 4.78 is 20.2. The van der Waals surface area contributed by atoms with E-state index >= 15 is 0 Å². The zero-order valence-corrected chi connectivity index (χ0v) is 15.2. The summed E-state index contributed by atoms with van der Waals surface area (Å²) in [6.45, 7) is 2.05. The highest BCUT2D eigenvalue weighted by Gasteiger charge is 2.31. The average Bonchev–Trinajstić information content (AvgIpc) is 3.01. The van der Waals surface area contributed by atoms with Crippen LogP contribution in [0.5, 0.6) is 5.75 Å². The van der Waals surface area contributed by atoms with Crippen molar-refractivity contribution in [3.05, 3.63) is 65.6 Å². The molecular weight excluding hydrogens is 345 g/mol. The van der Waals surface area contributed by atoms with Crippen LogP contribution in [0.1, 0.15) is 29.4 Å². The molecule has 138 valence electrons. The van der Waals surface area contributed by atoms with Gasteiger partial charge in [-0.25, -0.2) is 9.07 Å². The van der Waals surface area contributed by atoms with Gasteiger partial charge >= 0.3 is 0 Å². The molecule has 0 saturated heterocycles. The zero-order valence-electron chi connectivity index (χ0n) is 15.2. The van der Waals surface area contributed by atoms with Gasteiger partial charge in [-0.1, -0.05) is 6.92 Å². The van der Waals surface area contributed by atoms with Crippen molar-refractivity contribution >= 4 is 17.3 Å². The molecule has 1 aliphatic carbocycles. The van der Waals surface area contributed by atoms with E-state index in [9.17, 15) is 9.18 Å². The highest BCUT2D eigenvalue weighted by atomic mass is 19.1. The summed E-state index contributed by atoms with van der Waals surface area (Å²) in [7, 11) is 1.61. The third kappa shape index (κ3) is 3.30. The lowest BCUT2D eigenvalue weighted by atomic mass is 9.87. The average molecular weight is 365 g/mol. The summed E-state index contributed by atoms with van der Waals surface area (Å²) >= 11 is 0. The molecule has 0 aliphatic heterocycles. The largest absolute Gasteiger partial charge is 0.497 e. The monoisotopic (exact) mass is 365 g/mol. The number of halogens is 1. The third-order valence-electron chi connectivity index (χ3n) is 4.76. The van der Waals surface area contributed by atoms with Crippen molar-refractivity contribution in [3.63, 3.8) is 0 Å². The van der Waals surface area contributed by atoms with Crippen molar-refractivity contribution in [1.82, 2.24) is 9.78 Å². The first kappa shape index (κ1) is 17.3. The van der Waals surface area contributed by atoms with Crippen molar-refractivity contribution in [2.45, 2.75) is 19.8 Å². The predicted molar refractivity (Wildman–Crippen MR) is 102 cm³/mol. The van der Waals surface area contributed by atoms with E-state index in [0.29, 0.717) is 17.8 Å². The summed E-state index contributed by atoms with van der Waals surface area (Å²) in [5, 5.41) is 7.89. The minimum absolute atomic E-state index is 0.0770. The molecule has 3 aromatic rings. The molecule has 0 fully saturated rings. The number of anilines is 2. The lowest BCUT2D eigenvalue weighted by Crippen LogP contribution is -2.19. The summed E-state index contributed by atoms with van der Waals surface area (Å²) in [5.41, 5.74) is 3.03. The van der Waals surface area contributed by atoms with Crippen LogP contribution in [0.15, 0.2) is 48.5 Å². The van der Waals surface area contributed by atoms with Crippen LogP contribution in [0.25, 0.3) is 5.69 Å². The number of hydrogen-bond donors (Lipinski definition) is 1.